The molecule has 0 spiro atoms. The molecule has 1 N–H and O–H groups in total. The van der Waals surface area contributed by atoms with Gasteiger partial charge in [0, 0.05) is 59.0 Å². The number of hydrogen-bond acceptors (Lipinski definition) is 7. The van der Waals surface area contributed by atoms with Crippen molar-refractivity contribution in [3.05, 3.63) is 36.7 Å². The maximum atomic E-state index is 5.41. The predicted octanol–water partition coefficient (Wildman–Crippen LogP) is 3.52. The number of nitrogens with zero attached hydrogens (tertiary/aromatic N) is 4. The summed E-state index contributed by atoms with van der Waals surface area (Å²) in [5.41, 5.74) is 1.80. The standard InChI is InChI=1S/C16H25N5O3Si/c1-21-12-11-18-16(21)20-19-15-8-6-14(7-9-15)17-10-5-13-25(22-2,23-3)24-4/h6-9,11-12,17H,5,10,13H2,1-4H3. The van der Waals surface area contributed by atoms with Crippen LogP contribution in [0.3, 0.4) is 0 Å². The van der Waals surface area contributed by atoms with Crippen LogP contribution < -0.4 is 5.32 Å². The van der Waals surface area contributed by atoms with Gasteiger partial charge in [0.25, 0.3) is 0 Å². The van der Waals surface area contributed by atoms with Crippen molar-refractivity contribution >= 4 is 26.1 Å². The summed E-state index contributed by atoms with van der Waals surface area (Å²) in [4.78, 5) is 4.10. The van der Waals surface area contributed by atoms with E-state index in [9.17, 15) is 0 Å². The molecule has 0 unspecified atom stereocenters. The minimum atomic E-state index is -2.48. The highest BCUT2D eigenvalue weighted by molar-refractivity contribution is 6.60. The number of nitrogens with one attached hydrogen (secondary N) is 1. The van der Waals surface area contributed by atoms with E-state index in [1.54, 1.807) is 27.5 Å². The molecule has 2 rings (SSSR count). The van der Waals surface area contributed by atoms with E-state index in [1.165, 1.54) is 0 Å². The van der Waals surface area contributed by atoms with E-state index < -0.39 is 8.80 Å². The number of rotatable bonds is 10. The quantitative estimate of drug-likeness (QED) is 0.397. The first kappa shape index (κ1) is 19.3. The Balaban J connectivity index is 1.80. The van der Waals surface area contributed by atoms with Gasteiger partial charge in [-0.1, -0.05) is 0 Å². The van der Waals surface area contributed by atoms with Gasteiger partial charge in [-0.3, -0.25) is 0 Å². The van der Waals surface area contributed by atoms with Gasteiger partial charge in [-0.15, -0.1) is 10.2 Å². The summed E-state index contributed by atoms with van der Waals surface area (Å²) in [6, 6.07) is 8.53. The van der Waals surface area contributed by atoms with Crippen LogP contribution in [0.5, 0.6) is 0 Å². The second kappa shape index (κ2) is 9.42. The number of imidazole rings is 1. The zero-order chi connectivity index (χ0) is 18.1. The molecule has 0 atom stereocenters. The number of hydrogen-bond donors (Lipinski definition) is 1. The fourth-order valence-electron chi connectivity index (χ4n) is 2.30. The second-order valence-corrected chi connectivity index (χ2v) is 8.50. The average molecular weight is 363 g/mol. The summed E-state index contributed by atoms with van der Waals surface area (Å²) >= 11 is 0. The molecule has 25 heavy (non-hydrogen) atoms. The molecule has 0 aliphatic rings. The van der Waals surface area contributed by atoms with Gasteiger partial charge in [-0.2, -0.15) is 0 Å². The predicted molar refractivity (Wildman–Crippen MR) is 98.5 cm³/mol. The first-order valence-corrected chi connectivity index (χ1v) is 9.94. The zero-order valence-electron chi connectivity index (χ0n) is 15.1. The molecule has 2 aromatic rings. The molecule has 1 aromatic heterocycles. The number of benzene rings is 1. The summed E-state index contributed by atoms with van der Waals surface area (Å²) in [5.74, 6) is 0.573. The molecule has 0 aliphatic carbocycles. The topological polar surface area (TPSA) is 82.3 Å². The van der Waals surface area contributed by atoms with E-state index in [-0.39, 0.29) is 0 Å². The van der Waals surface area contributed by atoms with Crippen molar-refractivity contribution in [2.75, 3.05) is 33.2 Å². The molecule has 136 valence electrons. The lowest BCUT2D eigenvalue weighted by Crippen LogP contribution is -2.42. The maximum Gasteiger partial charge on any atom is 0.500 e. The Bertz CT molecular complexity index is 662. The van der Waals surface area contributed by atoms with Crippen LogP contribution in [0.2, 0.25) is 6.04 Å². The van der Waals surface area contributed by atoms with Crippen molar-refractivity contribution in [3.8, 4) is 0 Å². The Kier molecular flexibility index (Phi) is 7.26. The highest BCUT2D eigenvalue weighted by Crippen LogP contribution is 2.20. The van der Waals surface area contributed by atoms with Gasteiger partial charge in [-0.05, 0) is 30.7 Å². The minimum absolute atomic E-state index is 0.573. The summed E-state index contributed by atoms with van der Waals surface area (Å²) in [6.07, 6.45) is 4.41. The van der Waals surface area contributed by atoms with E-state index in [4.69, 9.17) is 13.3 Å². The van der Waals surface area contributed by atoms with Crippen LogP contribution >= 0.6 is 0 Å². The molecule has 0 radical (unpaired) electrons. The summed E-state index contributed by atoms with van der Waals surface area (Å²) in [5, 5.41) is 11.7. The molecule has 0 bridgehead atoms. The number of aromatic nitrogens is 2. The minimum Gasteiger partial charge on any atom is -0.385 e. The van der Waals surface area contributed by atoms with Crippen LogP contribution in [0.15, 0.2) is 46.9 Å². The zero-order valence-corrected chi connectivity index (χ0v) is 16.1. The molecule has 8 nitrogen and oxygen atoms in total. The third kappa shape index (κ3) is 5.46. The summed E-state index contributed by atoms with van der Waals surface area (Å²) < 4.78 is 18.0. The average Bonchev–Trinajstić information content (AvgIpc) is 3.07. The van der Waals surface area contributed by atoms with Crippen LogP contribution in [0.25, 0.3) is 0 Å². The molecular formula is C16H25N5O3Si. The molecule has 0 saturated heterocycles. The van der Waals surface area contributed by atoms with Crippen molar-refractivity contribution in [2.45, 2.75) is 12.5 Å². The number of anilines is 1. The molecule has 9 heteroatoms. The molecule has 0 aliphatic heterocycles. The Morgan fingerprint density at radius 3 is 2.32 bits per heavy atom. The van der Waals surface area contributed by atoms with Gasteiger partial charge in [0.2, 0.25) is 5.95 Å². The lowest BCUT2D eigenvalue weighted by atomic mass is 10.3. The first-order valence-electron chi connectivity index (χ1n) is 8.01. The van der Waals surface area contributed by atoms with Crippen molar-refractivity contribution in [3.63, 3.8) is 0 Å². The van der Waals surface area contributed by atoms with Crippen molar-refractivity contribution < 1.29 is 13.3 Å². The van der Waals surface area contributed by atoms with Gasteiger partial charge in [0.15, 0.2) is 0 Å². The van der Waals surface area contributed by atoms with Gasteiger partial charge in [0.05, 0.1) is 5.69 Å². The number of aryl methyl sites for hydroxylation is 1. The highest BCUT2D eigenvalue weighted by Gasteiger charge is 2.36. The highest BCUT2D eigenvalue weighted by atomic mass is 28.4. The third-order valence-electron chi connectivity index (χ3n) is 3.84. The van der Waals surface area contributed by atoms with E-state index in [2.05, 4.69) is 20.5 Å². The number of azo groups is 1. The Morgan fingerprint density at radius 1 is 1.08 bits per heavy atom. The molecule has 0 fully saturated rings. The molecule has 1 heterocycles. The van der Waals surface area contributed by atoms with E-state index in [0.717, 1.165) is 30.4 Å². The monoisotopic (exact) mass is 363 g/mol. The summed E-state index contributed by atoms with van der Waals surface area (Å²) in [6.45, 7) is 0.805. The van der Waals surface area contributed by atoms with E-state index in [1.807, 2.05) is 42.1 Å². The Labute approximate surface area is 149 Å². The van der Waals surface area contributed by atoms with Gasteiger partial charge >= 0.3 is 8.80 Å². The van der Waals surface area contributed by atoms with Crippen molar-refractivity contribution in [2.24, 2.45) is 17.3 Å². The van der Waals surface area contributed by atoms with Crippen LogP contribution in [-0.2, 0) is 20.3 Å². The SMILES string of the molecule is CO[Si](CCCNc1ccc(N=Nc2nccn2C)cc1)(OC)OC. The van der Waals surface area contributed by atoms with Crippen LogP contribution in [0.4, 0.5) is 17.3 Å². The van der Waals surface area contributed by atoms with Gasteiger partial charge in [0.1, 0.15) is 0 Å². The smallest absolute Gasteiger partial charge is 0.385 e. The second-order valence-electron chi connectivity index (χ2n) is 5.41. The third-order valence-corrected chi connectivity index (χ3v) is 6.67. The fraction of sp³-hybridized carbons (Fsp3) is 0.438. The van der Waals surface area contributed by atoms with Gasteiger partial charge < -0.3 is 23.2 Å². The summed E-state index contributed by atoms with van der Waals surface area (Å²) in [7, 11) is 4.29. The first-order chi connectivity index (χ1) is 12.1. The lowest BCUT2D eigenvalue weighted by Gasteiger charge is -2.24. The van der Waals surface area contributed by atoms with Crippen LogP contribution in [0, 0.1) is 0 Å². The molecule has 0 amide bonds. The van der Waals surface area contributed by atoms with Crippen molar-refractivity contribution in [1.29, 1.82) is 0 Å². The lowest BCUT2D eigenvalue weighted by molar-refractivity contribution is 0.123. The van der Waals surface area contributed by atoms with Crippen LogP contribution in [0.1, 0.15) is 6.42 Å². The fourth-order valence-corrected chi connectivity index (χ4v) is 4.02. The van der Waals surface area contributed by atoms with Crippen molar-refractivity contribution in [1.82, 2.24) is 9.55 Å². The molecular weight excluding hydrogens is 338 g/mol. The van der Waals surface area contributed by atoms with E-state index >= 15 is 0 Å². The molecule has 0 saturated carbocycles. The van der Waals surface area contributed by atoms with E-state index in [0.29, 0.717) is 5.95 Å². The van der Waals surface area contributed by atoms with Gasteiger partial charge in [-0.25, -0.2) is 4.98 Å². The molecule has 1 aromatic carbocycles. The largest absolute Gasteiger partial charge is 0.500 e. The maximum absolute atomic E-state index is 5.41. The van der Waals surface area contributed by atoms with Crippen LogP contribution in [-0.4, -0.2) is 46.2 Å². The Morgan fingerprint density at radius 2 is 1.76 bits per heavy atom. The Hall–Kier alpha value is -2.07. The normalized spacial score (nSPS) is 12.0.